The average molecular weight is 152 g/mol. The molecule has 0 saturated carbocycles. The number of likely N-dealkylation sites (N-methyl/N-ethyl adjacent to an activating group) is 1. The fourth-order valence-corrected chi connectivity index (χ4v) is 1.42. The summed E-state index contributed by atoms with van der Waals surface area (Å²) in [6.07, 6.45) is 3.66. The fourth-order valence-electron chi connectivity index (χ4n) is 1.42. The Morgan fingerprint density at radius 2 is 2.64 bits per heavy atom. The Kier molecular flexibility index (Phi) is 1.54. The highest BCUT2D eigenvalue weighted by Crippen LogP contribution is 2.11. The third-order valence-corrected chi connectivity index (χ3v) is 2.05. The van der Waals surface area contributed by atoms with Crippen LogP contribution in [-0.2, 0) is 0 Å². The summed E-state index contributed by atoms with van der Waals surface area (Å²) in [5.41, 5.74) is 1.27. The normalized spacial score (nSPS) is 29.0. The van der Waals surface area contributed by atoms with Crippen LogP contribution in [0.1, 0.15) is 0 Å². The van der Waals surface area contributed by atoms with Crippen LogP contribution in [0.25, 0.3) is 0 Å². The van der Waals surface area contributed by atoms with Crippen LogP contribution < -0.4 is 10.6 Å². The first-order valence-electron chi connectivity index (χ1n) is 3.77. The van der Waals surface area contributed by atoms with Gasteiger partial charge in [0.15, 0.2) is 0 Å². The van der Waals surface area contributed by atoms with Crippen molar-refractivity contribution in [1.29, 1.82) is 0 Å². The first-order valence-corrected chi connectivity index (χ1v) is 3.77. The summed E-state index contributed by atoms with van der Waals surface area (Å²) in [4.78, 5) is 6.21. The summed E-state index contributed by atoms with van der Waals surface area (Å²) >= 11 is 0. The Morgan fingerprint density at radius 3 is 3.45 bits per heavy atom. The number of rotatable bonds is 0. The molecule has 11 heavy (non-hydrogen) atoms. The molecular formula is C7H12N4. The van der Waals surface area contributed by atoms with Gasteiger partial charge in [-0.25, -0.2) is 4.99 Å². The zero-order chi connectivity index (χ0) is 7.68. The lowest BCUT2D eigenvalue weighted by Gasteiger charge is -2.35. The third kappa shape index (κ3) is 1.09. The summed E-state index contributed by atoms with van der Waals surface area (Å²) < 4.78 is 0. The first-order chi connectivity index (χ1) is 5.38. The average Bonchev–Trinajstić information content (AvgIpc) is 2.06. The van der Waals surface area contributed by atoms with Gasteiger partial charge in [-0.3, -0.25) is 5.32 Å². The molecule has 1 atom stereocenters. The molecular weight excluding hydrogens is 140 g/mol. The van der Waals surface area contributed by atoms with Gasteiger partial charge in [0, 0.05) is 19.8 Å². The van der Waals surface area contributed by atoms with E-state index in [-0.39, 0.29) is 0 Å². The minimum atomic E-state index is 0.409. The van der Waals surface area contributed by atoms with Crippen molar-refractivity contribution in [2.75, 3.05) is 20.3 Å². The molecule has 2 aliphatic rings. The van der Waals surface area contributed by atoms with Gasteiger partial charge in [0.1, 0.15) is 0 Å². The van der Waals surface area contributed by atoms with Crippen molar-refractivity contribution in [1.82, 2.24) is 15.5 Å². The highest BCUT2D eigenvalue weighted by Gasteiger charge is 2.22. The predicted octanol–water partition coefficient (Wildman–Crippen LogP) is -0.680. The number of nitrogens with zero attached hydrogens (tertiary/aromatic N) is 2. The van der Waals surface area contributed by atoms with Gasteiger partial charge >= 0.3 is 0 Å². The van der Waals surface area contributed by atoms with Crippen molar-refractivity contribution in [2.45, 2.75) is 6.04 Å². The highest BCUT2D eigenvalue weighted by molar-refractivity contribution is 5.58. The van der Waals surface area contributed by atoms with E-state index in [0.717, 1.165) is 13.2 Å². The SMILES string of the molecule is CN1CNCC2NC=NC=C21. The second kappa shape index (κ2) is 2.54. The van der Waals surface area contributed by atoms with E-state index in [4.69, 9.17) is 0 Å². The lowest BCUT2D eigenvalue weighted by Crippen LogP contribution is -2.52. The van der Waals surface area contributed by atoms with Gasteiger partial charge in [0.2, 0.25) is 0 Å². The molecule has 0 aromatic heterocycles. The van der Waals surface area contributed by atoms with Crippen LogP contribution in [0, 0.1) is 0 Å². The first kappa shape index (κ1) is 6.67. The molecule has 2 aliphatic heterocycles. The van der Waals surface area contributed by atoms with Gasteiger partial charge in [0.05, 0.1) is 24.7 Å². The minimum Gasteiger partial charge on any atom is -0.366 e. The molecule has 2 rings (SSSR count). The molecule has 1 saturated heterocycles. The zero-order valence-corrected chi connectivity index (χ0v) is 6.54. The second-order valence-electron chi connectivity index (χ2n) is 2.86. The number of fused-ring (bicyclic) bond motifs is 1. The van der Waals surface area contributed by atoms with Crippen LogP contribution in [0.2, 0.25) is 0 Å². The second-order valence-corrected chi connectivity index (χ2v) is 2.86. The molecule has 0 spiro atoms. The molecule has 2 N–H and O–H groups in total. The van der Waals surface area contributed by atoms with Crippen LogP contribution >= 0.6 is 0 Å². The topological polar surface area (TPSA) is 39.7 Å². The standard InChI is InChI=1S/C7H12N4/c1-11-5-9-2-6-7(11)3-8-4-10-6/h3-4,6,9H,2,5H2,1H3,(H,8,10). The van der Waals surface area contributed by atoms with Crippen LogP contribution in [-0.4, -0.2) is 37.5 Å². The molecule has 0 amide bonds. The Hall–Kier alpha value is -1.03. The monoisotopic (exact) mass is 152 g/mol. The zero-order valence-electron chi connectivity index (χ0n) is 6.54. The van der Waals surface area contributed by atoms with E-state index in [0.29, 0.717) is 6.04 Å². The van der Waals surface area contributed by atoms with Crippen molar-refractivity contribution >= 4 is 6.34 Å². The Morgan fingerprint density at radius 1 is 1.73 bits per heavy atom. The summed E-state index contributed by atoms with van der Waals surface area (Å²) in [5.74, 6) is 0. The summed E-state index contributed by atoms with van der Waals surface area (Å²) in [6.45, 7) is 1.90. The molecule has 0 aliphatic carbocycles. The van der Waals surface area contributed by atoms with E-state index in [2.05, 4.69) is 27.6 Å². The van der Waals surface area contributed by atoms with E-state index < -0.39 is 0 Å². The maximum absolute atomic E-state index is 4.04. The van der Waals surface area contributed by atoms with Crippen LogP contribution in [0.3, 0.4) is 0 Å². The molecule has 1 unspecified atom stereocenters. The van der Waals surface area contributed by atoms with Gasteiger partial charge in [0.25, 0.3) is 0 Å². The predicted molar refractivity (Wildman–Crippen MR) is 44.1 cm³/mol. The summed E-state index contributed by atoms with van der Waals surface area (Å²) in [5, 5.41) is 6.48. The summed E-state index contributed by atoms with van der Waals surface area (Å²) in [7, 11) is 2.06. The highest BCUT2D eigenvalue weighted by atomic mass is 15.3. The lowest BCUT2D eigenvalue weighted by molar-refractivity contribution is 0.292. The molecule has 1 fully saturated rings. The van der Waals surface area contributed by atoms with Crippen molar-refractivity contribution in [3.8, 4) is 0 Å². The van der Waals surface area contributed by atoms with E-state index in [9.17, 15) is 0 Å². The maximum atomic E-state index is 4.04. The molecule has 0 aromatic rings. The molecule has 60 valence electrons. The van der Waals surface area contributed by atoms with Crippen LogP contribution in [0.15, 0.2) is 16.9 Å². The van der Waals surface area contributed by atoms with Crippen molar-refractivity contribution in [2.24, 2.45) is 4.99 Å². The van der Waals surface area contributed by atoms with Crippen molar-refractivity contribution < 1.29 is 0 Å². The number of hydrogen-bond donors (Lipinski definition) is 2. The third-order valence-electron chi connectivity index (χ3n) is 2.05. The van der Waals surface area contributed by atoms with Gasteiger partial charge in [-0.2, -0.15) is 0 Å². The molecule has 4 nitrogen and oxygen atoms in total. The fraction of sp³-hybridized carbons (Fsp3) is 0.571. The number of hydrogen-bond acceptors (Lipinski definition) is 4. The molecule has 0 aromatic carbocycles. The smallest absolute Gasteiger partial charge is 0.0885 e. The maximum Gasteiger partial charge on any atom is 0.0885 e. The van der Waals surface area contributed by atoms with Crippen molar-refractivity contribution in [3.63, 3.8) is 0 Å². The van der Waals surface area contributed by atoms with Gasteiger partial charge < -0.3 is 10.2 Å². The quantitative estimate of drug-likeness (QED) is 0.483. The molecule has 0 bridgehead atoms. The van der Waals surface area contributed by atoms with Gasteiger partial charge in [-0.05, 0) is 0 Å². The van der Waals surface area contributed by atoms with E-state index in [1.165, 1.54) is 5.70 Å². The van der Waals surface area contributed by atoms with Crippen molar-refractivity contribution in [3.05, 3.63) is 11.9 Å². The largest absolute Gasteiger partial charge is 0.366 e. The van der Waals surface area contributed by atoms with E-state index >= 15 is 0 Å². The molecule has 2 heterocycles. The number of nitrogens with one attached hydrogen (secondary N) is 2. The van der Waals surface area contributed by atoms with Crippen LogP contribution in [0.4, 0.5) is 0 Å². The Bertz CT molecular complexity index is 208. The Balaban J connectivity index is 2.20. The van der Waals surface area contributed by atoms with E-state index in [1.54, 1.807) is 6.34 Å². The van der Waals surface area contributed by atoms with Gasteiger partial charge in [-0.15, -0.1) is 0 Å². The molecule has 4 heteroatoms. The van der Waals surface area contributed by atoms with Gasteiger partial charge in [-0.1, -0.05) is 0 Å². The summed E-state index contributed by atoms with van der Waals surface area (Å²) in [6, 6.07) is 0.409. The minimum absolute atomic E-state index is 0.409. The van der Waals surface area contributed by atoms with E-state index in [1.807, 2.05) is 6.20 Å². The Labute approximate surface area is 66.0 Å². The molecule has 0 radical (unpaired) electrons. The number of aliphatic imine (C=N–C) groups is 1. The lowest BCUT2D eigenvalue weighted by atomic mass is 10.1. The van der Waals surface area contributed by atoms with Crippen LogP contribution in [0.5, 0.6) is 0 Å².